The minimum absolute atomic E-state index is 0.0757. The molecule has 0 aliphatic carbocycles. The van der Waals surface area contributed by atoms with E-state index in [1.165, 1.54) is 22.5 Å². The van der Waals surface area contributed by atoms with Gasteiger partial charge in [0.2, 0.25) is 15.9 Å². The van der Waals surface area contributed by atoms with Gasteiger partial charge in [-0.15, -0.1) is 0 Å². The van der Waals surface area contributed by atoms with Crippen LogP contribution in [0.15, 0.2) is 29.2 Å². The summed E-state index contributed by atoms with van der Waals surface area (Å²) in [5.74, 6) is -1.29. The maximum Gasteiger partial charge on any atom is 0.275 e. The Labute approximate surface area is 152 Å². The molecule has 1 saturated heterocycles. The van der Waals surface area contributed by atoms with Gasteiger partial charge in [-0.25, -0.2) is 12.8 Å². The maximum atomic E-state index is 13.8. The number of hydrogen-bond donors (Lipinski definition) is 3. The number of benzene rings is 1. The molecule has 26 heavy (non-hydrogen) atoms. The lowest BCUT2D eigenvalue weighted by atomic mass is 10.3. The van der Waals surface area contributed by atoms with E-state index in [2.05, 4.69) is 10.6 Å². The SMILES string of the molecule is CCNC(=O)CNC(=O)C[NH+]1CCN(S(=O)(=O)c2ccccc2F)CC1. The number of nitrogens with one attached hydrogen (secondary N) is 3. The first-order valence-electron chi connectivity index (χ1n) is 8.46. The quantitative estimate of drug-likeness (QED) is 0.502. The number of quaternary nitrogens is 1. The van der Waals surface area contributed by atoms with Gasteiger partial charge in [-0.2, -0.15) is 4.31 Å². The van der Waals surface area contributed by atoms with E-state index in [1.54, 1.807) is 6.92 Å². The van der Waals surface area contributed by atoms with Crippen molar-refractivity contribution in [2.75, 3.05) is 45.8 Å². The van der Waals surface area contributed by atoms with Gasteiger partial charge >= 0.3 is 0 Å². The van der Waals surface area contributed by atoms with Gasteiger partial charge in [0.25, 0.3) is 5.91 Å². The van der Waals surface area contributed by atoms with Crippen molar-refractivity contribution in [3.8, 4) is 0 Å². The zero-order valence-corrected chi connectivity index (χ0v) is 15.4. The Morgan fingerprint density at radius 2 is 1.81 bits per heavy atom. The number of nitrogens with zero attached hydrogens (tertiary/aromatic N) is 1. The summed E-state index contributed by atoms with van der Waals surface area (Å²) in [5.41, 5.74) is 0. The molecule has 0 spiro atoms. The first-order valence-corrected chi connectivity index (χ1v) is 9.90. The van der Waals surface area contributed by atoms with Crippen molar-refractivity contribution in [1.82, 2.24) is 14.9 Å². The monoisotopic (exact) mass is 387 g/mol. The lowest BCUT2D eigenvalue weighted by Gasteiger charge is -2.31. The molecular weight excluding hydrogens is 363 g/mol. The number of sulfonamides is 1. The second kappa shape index (κ2) is 9.06. The largest absolute Gasteiger partial charge is 0.355 e. The van der Waals surface area contributed by atoms with Gasteiger partial charge in [0.15, 0.2) is 6.54 Å². The molecule has 1 aromatic rings. The second-order valence-corrected chi connectivity index (χ2v) is 7.90. The van der Waals surface area contributed by atoms with Crippen molar-refractivity contribution < 1.29 is 27.3 Å². The molecule has 0 atom stereocenters. The van der Waals surface area contributed by atoms with Crippen LogP contribution >= 0.6 is 0 Å². The number of carbonyl (C=O) groups is 2. The molecule has 1 aliphatic heterocycles. The van der Waals surface area contributed by atoms with E-state index in [9.17, 15) is 22.4 Å². The van der Waals surface area contributed by atoms with Crippen LogP contribution < -0.4 is 15.5 Å². The molecule has 1 aliphatic rings. The van der Waals surface area contributed by atoms with Crippen LogP contribution in [0.5, 0.6) is 0 Å². The van der Waals surface area contributed by atoms with E-state index in [0.29, 0.717) is 19.6 Å². The predicted octanol–water partition coefficient (Wildman–Crippen LogP) is -2.03. The van der Waals surface area contributed by atoms with Crippen LogP contribution in [-0.4, -0.2) is 70.4 Å². The van der Waals surface area contributed by atoms with Crippen molar-refractivity contribution >= 4 is 21.8 Å². The topological polar surface area (TPSA) is 100 Å². The fraction of sp³-hybridized carbons (Fsp3) is 0.500. The van der Waals surface area contributed by atoms with E-state index in [1.807, 2.05) is 0 Å². The zero-order chi connectivity index (χ0) is 19.2. The van der Waals surface area contributed by atoms with E-state index < -0.39 is 15.8 Å². The fourth-order valence-electron chi connectivity index (χ4n) is 2.74. The highest BCUT2D eigenvalue weighted by Gasteiger charge is 2.32. The van der Waals surface area contributed by atoms with Gasteiger partial charge in [0.05, 0.1) is 32.7 Å². The normalized spacial score (nSPS) is 16.2. The van der Waals surface area contributed by atoms with Crippen molar-refractivity contribution in [2.45, 2.75) is 11.8 Å². The number of likely N-dealkylation sites (N-methyl/N-ethyl adjacent to an activating group) is 1. The maximum absolute atomic E-state index is 13.8. The highest BCUT2D eigenvalue weighted by atomic mass is 32.2. The number of hydrogen-bond acceptors (Lipinski definition) is 4. The highest BCUT2D eigenvalue weighted by Crippen LogP contribution is 2.18. The van der Waals surface area contributed by atoms with E-state index in [-0.39, 0.29) is 42.9 Å². The van der Waals surface area contributed by atoms with Crippen LogP contribution in [0.25, 0.3) is 0 Å². The Bertz CT molecular complexity index is 748. The molecule has 1 heterocycles. The second-order valence-electron chi connectivity index (χ2n) is 5.99. The molecule has 0 aromatic heterocycles. The number of carbonyl (C=O) groups excluding carboxylic acids is 2. The molecule has 0 radical (unpaired) electrons. The number of piperazine rings is 1. The predicted molar refractivity (Wildman–Crippen MR) is 92.4 cm³/mol. The van der Waals surface area contributed by atoms with Gasteiger partial charge in [0.1, 0.15) is 10.7 Å². The molecule has 2 amide bonds. The molecule has 1 aromatic carbocycles. The Kier molecular flexibility index (Phi) is 7.06. The molecule has 0 bridgehead atoms. The van der Waals surface area contributed by atoms with Gasteiger partial charge in [-0.3, -0.25) is 9.59 Å². The summed E-state index contributed by atoms with van der Waals surface area (Å²) in [6.45, 7) is 3.65. The molecule has 0 saturated carbocycles. The molecule has 144 valence electrons. The third kappa shape index (κ3) is 5.23. The summed E-state index contributed by atoms with van der Waals surface area (Å²) in [4.78, 5) is 23.8. The lowest BCUT2D eigenvalue weighted by molar-refractivity contribution is -0.895. The number of halogens is 1. The van der Waals surface area contributed by atoms with Crippen LogP contribution in [0.3, 0.4) is 0 Å². The van der Waals surface area contributed by atoms with E-state index in [0.717, 1.165) is 11.0 Å². The minimum Gasteiger partial charge on any atom is -0.355 e. The standard InChI is InChI=1S/C16H23FN4O4S/c1-2-18-15(22)11-19-16(23)12-20-7-9-21(10-8-20)26(24,25)14-6-4-3-5-13(14)17/h3-6H,2,7-12H2,1H3,(H,18,22)(H,19,23)/p+1. The Hall–Kier alpha value is -2.04. The third-order valence-corrected chi connectivity index (χ3v) is 6.05. The van der Waals surface area contributed by atoms with Crippen molar-refractivity contribution in [3.63, 3.8) is 0 Å². The Morgan fingerprint density at radius 1 is 1.15 bits per heavy atom. The smallest absolute Gasteiger partial charge is 0.275 e. The van der Waals surface area contributed by atoms with Crippen molar-refractivity contribution in [2.24, 2.45) is 0 Å². The van der Waals surface area contributed by atoms with Crippen LogP contribution in [0.4, 0.5) is 4.39 Å². The minimum atomic E-state index is -3.88. The van der Waals surface area contributed by atoms with E-state index in [4.69, 9.17) is 0 Å². The Morgan fingerprint density at radius 3 is 2.42 bits per heavy atom. The van der Waals surface area contributed by atoms with Crippen molar-refractivity contribution in [1.29, 1.82) is 0 Å². The van der Waals surface area contributed by atoms with Gasteiger partial charge < -0.3 is 15.5 Å². The number of amides is 2. The molecule has 0 unspecified atom stereocenters. The summed E-state index contributed by atoms with van der Waals surface area (Å²) in [6.07, 6.45) is 0. The summed E-state index contributed by atoms with van der Waals surface area (Å²) < 4.78 is 40.1. The average molecular weight is 387 g/mol. The molecule has 1 fully saturated rings. The fourth-order valence-corrected chi connectivity index (χ4v) is 4.25. The lowest BCUT2D eigenvalue weighted by Crippen LogP contribution is -3.15. The summed E-state index contributed by atoms with van der Waals surface area (Å²) >= 11 is 0. The Balaban J connectivity index is 1.84. The van der Waals surface area contributed by atoms with Gasteiger partial charge in [-0.05, 0) is 19.1 Å². The third-order valence-electron chi connectivity index (χ3n) is 4.11. The highest BCUT2D eigenvalue weighted by molar-refractivity contribution is 7.89. The molecule has 8 nitrogen and oxygen atoms in total. The van der Waals surface area contributed by atoms with Crippen LogP contribution in [0.1, 0.15) is 6.92 Å². The van der Waals surface area contributed by atoms with Crippen LogP contribution in [-0.2, 0) is 19.6 Å². The summed E-state index contributed by atoms with van der Waals surface area (Å²) in [5, 5.41) is 5.12. The number of rotatable bonds is 7. The van der Waals surface area contributed by atoms with E-state index >= 15 is 0 Å². The van der Waals surface area contributed by atoms with Crippen LogP contribution in [0.2, 0.25) is 0 Å². The zero-order valence-electron chi connectivity index (χ0n) is 14.6. The average Bonchev–Trinajstić information content (AvgIpc) is 2.61. The van der Waals surface area contributed by atoms with Crippen LogP contribution in [0, 0.1) is 5.82 Å². The van der Waals surface area contributed by atoms with Crippen molar-refractivity contribution in [3.05, 3.63) is 30.1 Å². The molecule has 2 rings (SSSR count). The molecular formula is C16H24FN4O4S+. The first-order chi connectivity index (χ1) is 12.3. The van der Waals surface area contributed by atoms with Gasteiger partial charge in [0, 0.05) is 6.54 Å². The molecule has 10 heteroatoms. The van der Waals surface area contributed by atoms with Gasteiger partial charge in [-0.1, -0.05) is 12.1 Å². The summed E-state index contributed by atoms with van der Waals surface area (Å²) in [7, 11) is -3.88. The first kappa shape index (κ1) is 20.3. The molecule has 3 N–H and O–H groups in total. The summed E-state index contributed by atoms with van der Waals surface area (Å²) in [6, 6.07) is 5.29.